The quantitative estimate of drug-likeness (QED) is 0.0852. The van der Waals surface area contributed by atoms with Crippen LogP contribution in [0.25, 0.3) is 11.1 Å². The van der Waals surface area contributed by atoms with Crippen LogP contribution in [0.15, 0.2) is 113 Å². The van der Waals surface area contributed by atoms with E-state index in [-0.39, 0.29) is 43.0 Å². The molecule has 0 fully saturated rings. The maximum atomic E-state index is 13.1. The number of ether oxygens (including phenoxy) is 2. The number of carbonyl (C=O) groups excluding carboxylic acids is 2. The number of hydrogen-bond donors (Lipinski definition) is 3. The molecule has 4 N–H and O–H groups in total. The molecule has 0 spiro atoms. The van der Waals surface area contributed by atoms with Gasteiger partial charge in [0, 0.05) is 12.5 Å². The summed E-state index contributed by atoms with van der Waals surface area (Å²) in [6.45, 7) is 2.08. The van der Waals surface area contributed by atoms with Crippen LogP contribution < -0.4 is 15.8 Å². The zero-order valence-electron chi connectivity index (χ0n) is 25.4. The predicted molar refractivity (Wildman–Crippen MR) is 175 cm³/mol. The minimum Gasteiger partial charge on any atom is -0.459 e. The lowest BCUT2D eigenvalue weighted by molar-refractivity contribution is -0.147. The van der Waals surface area contributed by atoms with Gasteiger partial charge in [-0.1, -0.05) is 96.6 Å². The van der Waals surface area contributed by atoms with E-state index in [1.54, 1.807) is 12.1 Å². The van der Waals surface area contributed by atoms with Crippen molar-refractivity contribution in [2.75, 3.05) is 13.2 Å². The van der Waals surface area contributed by atoms with E-state index in [1.807, 2.05) is 73.7 Å². The lowest BCUT2D eigenvalue weighted by Crippen LogP contribution is -2.42. The highest BCUT2D eigenvalue weighted by Crippen LogP contribution is 2.44. The standard InChI is InChI=1S/C35H36N4O6S/c1-24-17-19-26(20-18-24)46(42,43)39-34(36)37-21-9-16-32(33(40)44-22-25-10-3-2-4-11-25)38-35(41)45-23-31-29-14-7-5-12-27(29)28-13-6-8-15-30(28)31/h2-8,10-15,17-20,31-32H,9,16,21-23H2,1H3,(H,38,41)(H3,36,37,39)/t32-/m0/s1. The van der Waals surface area contributed by atoms with Gasteiger partial charge in [-0.2, -0.15) is 0 Å². The van der Waals surface area contributed by atoms with Crippen molar-refractivity contribution in [1.29, 1.82) is 0 Å². The number of fused-ring (bicyclic) bond motifs is 3. The third kappa shape index (κ3) is 8.10. The molecular weight excluding hydrogens is 604 g/mol. The molecule has 11 heteroatoms. The molecular formula is C35H36N4O6S. The van der Waals surface area contributed by atoms with Gasteiger partial charge in [0.15, 0.2) is 0 Å². The van der Waals surface area contributed by atoms with Gasteiger partial charge in [0.1, 0.15) is 19.3 Å². The molecule has 4 aromatic carbocycles. The van der Waals surface area contributed by atoms with Crippen LogP contribution >= 0.6 is 0 Å². The predicted octanol–water partition coefficient (Wildman–Crippen LogP) is 5.02. The first-order valence-corrected chi connectivity index (χ1v) is 16.4. The molecule has 0 bridgehead atoms. The van der Waals surface area contributed by atoms with E-state index >= 15 is 0 Å². The fraction of sp³-hybridized carbons (Fsp3) is 0.229. The van der Waals surface area contributed by atoms with Gasteiger partial charge in [-0.05, 0) is 59.7 Å². The summed E-state index contributed by atoms with van der Waals surface area (Å²) in [6, 6.07) is 30.5. The van der Waals surface area contributed by atoms with Crippen LogP contribution in [0.4, 0.5) is 4.79 Å². The highest BCUT2D eigenvalue weighted by atomic mass is 32.2. The normalized spacial score (nSPS) is 13.3. The molecule has 0 unspecified atom stereocenters. The molecule has 238 valence electrons. The number of amides is 1. The van der Waals surface area contributed by atoms with E-state index < -0.39 is 28.1 Å². The van der Waals surface area contributed by atoms with Crippen molar-refractivity contribution in [3.8, 4) is 11.1 Å². The molecule has 0 saturated heterocycles. The minimum atomic E-state index is -3.90. The number of aliphatic imine (C=N–C) groups is 1. The topological polar surface area (TPSA) is 149 Å². The monoisotopic (exact) mass is 640 g/mol. The second-order valence-electron chi connectivity index (χ2n) is 10.9. The highest BCUT2D eigenvalue weighted by Gasteiger charge is 2.30. The maximum absolute atomic E-state index is 13.1. The van der Waals surface area contributed by atoms with Gasteiger partial charge in [0.2, 0.25) is 5.96 Å². The number of rotatable bonds is 12. The van der Waals surface area contributed by atoms with Crippen molar-refractivity contribution in [3.05, 3.63) is 125 Å². The van der Waals surface area contributed by atoms with Gasteiger partial charge in [0.25, 0.3) is 10.0 Å². The van der Waals surface area contributed by atoms with Gasteiger partial charge >= 0.3 is 12.1 Å². The third-order valence-electron chi connectivity index (χ3n) is 7.65. The Morgan fingerprint density at radius 2 is 1.46 bits per heavy atom. The Hall–Kier alpha value is -5.16. The number of nitrogens with two attached hydrogens (primary N) is 1. The largest absolute Gasteiger partial charge is 0.459 e. The zero-order chi connectivity index (χ0) is 32.5. The zero-order valence-corrected chi connectivity index (χ0v) is 26.2. The smallest absolute Gasteiger partial charge is 0.407 e. The fourth-order valence-corrected chi connectivity index (χ4v) is 6.25. The molecule has 0 aromatic heterocycles. The second kappa shape index (κ2) is 14.7. The van der Waals surface area contributed by atoms with Crippen molar-refractivity contribution in [2.45, 2.75) is 43.2 Å². The molecule has 46 heavy (non-hydrogen) atoms. The first-order chi connectivity index (χ1) is 22.2. The molecule has 4 aromatic rings. The van der Waals surface area contributed by atoms with Gasteiger partial charge in [-0.3, -0.25) is 4.99 Å². The van der Waals surface area contributed by atoms with E-state index in [0.29, 0.717) is 6.42 Å². The van der Waals surface area contributed by atoms with E-state index in [1.165, 1.54) is 12.1 Å². The number of esters is 1. The van der Waals surface area contributed by atoms with Crippen molar-refractivity contribution in [3.63, 3.8) is 0 Å². The molecule has 1 aliphatic rings. The lowest BCUT2D eigenvalue weighted by Gasteiger charge is -2.19. The van der Waals surface area contributed by atoms with Crippen molar-refractivity contribution >= 4 is 28.0 Å². The Bertz CT molecular complexity index is 1770. The number of aryl methyl sites for hydroxylation is 1. The van der Waals surface area contributed by atoms with Crippen LogP contribution in [0.2, 0.25) is 0 Å². The molecule has 0 heterocycles. The Morgan fingerprint density at radius 1 is 0.848 bits per heavy atom. The molecule has 0 saturated carbocycles. The number of sulfonamides is 1. The summed E-state index contributed by atoms with van der Waals surface area (Å²) >= 11 is 0. The average molecular weight is 641 g/mol. The highest BCUT2D eigenvalue weighted by molar-refractivity contribution is 7.90. The third-order valence-corrected chi connectivity index (χ3v) is 9.02. The minimum absolute atomic E-state index is 0.0361. The Labute approximate surface area is 268 Å². The molecule has 1 amide bonds. The number of hydrogen-bond acceptors (Lipinski definition) is 7. The van der Waals surface area contributed by atoms with Crippen LogP contribution in [0.5, 0.6) is 0 Å². The van der Waals surface area contributed by atoms with E-state index in [0.717, 1.165) is 33.4 Å². The molecule has 0 aliphatic heterocycles. The number of carbonyl (C=O) groups is 2. The van der Waals surface area contributed by atoms with E-state index in [4.69, 9.17) is 15.2 Å². The van der Waals surface area contributed by atoms with Crippen LogP contribution in [0.3, 0.4) is 0 Å². The SMILES string of the molecule is Cc1ccc(S(=O)(=O)NC(N)=NCCC[C@H](NC(=O)OCC2c3ccccc3-c3ccccc32)C(=O)OCc2ccccc2)cc1. The number of benzene rings is 4. The van der Waals surface area contributed by atoms with E-state index in [2.05, 4.69) is 27.2 Å². The summed E-state index contributed by atoms with van der Waals surface area (Å²) < 4.78 is 38.6. The van der Waals surface area contributed by atoms with Crippen LogP contribution in [-0.2, 0) is 30.9 Å². The fourth-order valence-electron chi connectivity index (χ4n) is 5.30. The van der Waals surface area contributed by atoms with Gasteiger partial charge in [-0.25, -0.2) is 22.7 Å². The van der Waals surface area contributed by atoms with Crippen LogP contribution in [0, 0.1) is 6.92 Å². The maximum Gasteiger partial charge on any atom is 0.407 e. The Morgan fingerprint density at radius 3 is 2.11 bits per heavy atom. The number of nitrogens with one attached hydrogen (secondary N) is 2. The first kappa shape index (κ1) is 32.2. The van der Waals surface area contributed by atoms with Crippen LogP contribution in [0.1, 0.15) is 41.0 Å². The van der Waals surface area contributed by atoms with Crippen LogP contribution in [-0.4, -0.2) is 45.6 Å². The van der Waals surface area contributed by atoms with Crippen molar-refractivity contribution < 1.29 is 27.5 Å². The summed E-state index contributed by atoms with van der Waals surface area (Å²) in [5.74, 6) is -1.05. The number of guanidine groups is 1. The lowest BCUT2D eigenvalue weighted by atomic mass is 9.98. The summed E-state index contributed by atoms with van der Waals surface area (Å²) in [5, 5.41) is 2.65. The summed E-state index contributed by atoms with van der Waals surface area (Å²) in [6.07, 6.45) is -0.307. The molecule has 1 atom stereocenters. The average Bonchev–Trinajstić information content (AvgIpc) is 3.38. The number of nitrogens with zero attached hydrogens (tertiary/aromatic N) is 1. The van der Waals surface area contributed by atoms with Gasteiger partial charge in [0.05, 0.1) is 4.90 Å². The molecule has 0 radical (unpaired) electrons. The summed E-state index contributed by atoms with van der Waals surface area (Å²) in [4.78, 5) is 30.2. The summed E-state index contributed by atoms with van der Waals surface area (Å²) in [7, 11) is -3.90. The van der Waals surface area contributed by atoms with Gasteiger partial charge in [-0.15, -0.1) is 0 Å². The van der Waals surface area contributed by atoms with Gasteiger partial charge < -0.3 is 20.5 Å². The van der Waals surface area contributed by atoms with Crippen molar-refractivity contribution in [1.82, 2.24) is 10.0 Å². The Kier molecular flexibility index (Phi) is 10.3. The second-order valence-corrected chi connectivity index (χ2v) is 12.6. The summed E-state index contributed by atoms with van der Waals surface area (Å²) in [5.41, 5.74) is 11.9. The van der Waals surface area contributed by atoms with Crippen molar-refractivity contribution in [2.24, 2.45) is 10.7 Å². The van der Waals surface area contributed by atoms with E-state index in [9.17, 15) is 18.0 Å². The Balaban J connectivity index is 1.19. The molecule has 5 rings (SSSR count). The molecule has 1 aliphatic carbocycles. The number of alkyl carbamates (subject to hydrolysis) is 1. The molecule has 10 nitrogen and oxygen atoms in total. The first-order valence-electron chi connectivity index (χ1n) is 14.9.